The lowest BCUT2D eigenvalue weighted by molar-refractivity contribution is -0.124. The Hall–Kier alpha value is -2.85. The molecule has 25 heavy (non-hydrogen) atoms. The number of nitrogens with one attached hydrogen (secondary N) is 1. The number of benzene rings is 1. The third-order valence-corrected chi connectivity index (χ3v) is 3.61. The summed E-state index contributed by atoms with van der Waals surface area (Å²) < 4.78 is 36.9. The van der Waals surface area contributed by atoms with Crippen molar-refractivity contribution in [3.63, 3.8) is 0 Å². The minimum Gasteiger partial charge on any atom is -0.492 e. The molecular formula is C15H16N2O7S. The number of carbonyl (C=O) groups is 2. The molecule has 0 unspecified atom stereocenters. The molecule has 1 aromatic carbocycles. The molecule has 2 rings (SSSR count). The molecule has 0 saturated carbocycles. The first-order valence-corrected chi connectivity index (χ1v) is 8.65. The molecule has 0 aliphatic rings. The molecule has 0 saturated heterocycles. The molecule has 0 radical (unpaired) electrons. The molecule has 134 valence electrons. The van der Waals surface area contributed by atoms with Crippen LogP contribution in [0.1, 0.15) is 10.6 Å². The average molecular weight is 368 g/mol. The maximum absolute atomic E-state index is 11.6. The molecule has 10 heteroatoms. The Morgan fingerprint density at radius 2 is 1.84 bits per heavy atom. The second kappa shape index (κ2) is 8.31. The highest BCUT2D eigenvalue weighted by molar-refractivity contribution is 7.89. The topological polar surface area (TPSA) is 138 Å². The molecule has 1 heterocycles. The number of esters is 1. The molecule has 1 amide bonds. The number of hydrogen-bond donors (Lipinski definition) is 2. The number of hydrogen-bond acceptors (Lipinski definition) is 7. The minimum absolute atomic E-state index is 0.224. The first-order chi connectivity index (χ1) is 11.9. The van der Waals surface area contributed by atoms with Gasteiger partial charge in [-0.2, -0.15) is 0 Å². The fourth-order valence-electron chi connectivity index (χ4n) is 1.71. The Labute approximate surface area is 143 Å². The quantitative estimate of drug-likeness (QED) is 0.504. The fourth-order valence-corrected chi connectivity index (χ4v) is 2.18. The summed E-state index contributed by atoms with van der Waals surface area (Å²) in [5.74, 6) is -1.22. The van der Waals surface area contributed by atoms with E-state index in [0.717, 1.165) is 12.1 Å². The summed E-state index contributed by atoms with van der Waals surface area (Å²) in [7, 11) is -4.05. The van der Waals surface area contributed by atoms with Gasteiger partial charge in [0.25, 0.3) is 15.9 Å². The van der Waals surface area contributed by atoms with Gasteiger partial charge >= 0.3 is 5.97 Å². The zero-order valence-electron chi connectivity index (χ0n) is 13.0. The van der Waals surface area contributed by atoms with E-state index in [-0.39, 0.29) is 18.9 Å². The first kappa shape index (κ1) is 18.5. The van der Waals surface area contributed by atoms with E-state index in [4.69, 9.17) is 19.0 Å². The summed E-state index contributed by atoms with van der Waals surface area (Å²) in [5.41, 5.74) is 0. The van der Waals surface area contributed by atoms with Crippen LogP contribution in [0.3, 0.4) is 0 Å². The van der Waals surface area contributed by atoms with E-state index < -0.39 is 33.6 Å². The Bertz CT molecular complexity index is 831. The highest BCUT2D eigenvalue weighted by atomic mass is 32.2. The predicted molar refractivity (Wildman–Crippen MR) is 85.3 cm³/mol. The zero-order chi connectivity index (χ0) is 18.3. The van der Waals surface area contributed by atoms with Crippen LogP contribution in [-0.2, 0) is 19.6 Å². The van der Waals surface area contributed by atoms with Gasteiger partial charge in [-0.1, -0.05) is 18.2 Å². The van der Waals surface area contributed by atoms with Crippen molar-refractivity contribution >= 4 is 21.9 Å². The summed E-state index contributed by atoms with van der Waals surface area (Å²) in [6, 6.07) is 11.2. The van der Waals surface area contributed by atoms with E-state index in [9.17, 15) is 18.0 Å². The van der Waals surface area contributed by atoms with Gasteiger partial charge in [-0.05, 0) is 24.3 Å². The van der Waals surface area contributed by atoms with Crippen molar-refractivity contribution in [1.82, 2.24) is 5.32 Å². The smallest absolute Gasteiger partial charge is 0.374 e. The molecule has 0 bridgehead atoms. The van der Waals surface area contributed by atoms with Gasteiger partial charge in [0.2, 0.25) is 10.9 Å². The largest absolute Gasteiger partial charge is 0.492 e. The normalized spacial score (nSPS) is 10.9. The Kier molecular flexibility index (Phi) is 6.14. The summed E-state index contributed by atoms with van der Waals surface area (Å²) in [6.45, 7) is -0.0726. The second-order valence-electron chi connectivity index (χ2n) is 4.75. The van der Waals surface area contributed by atoms with Crippen molar-refractivity contribution in [2.75, 3.05) is 19.8 Å². The lowest BCUT2D eigenvalue weighted by Crippen LogP contribution is -2.32. The van der Waals surface area contributed by atoms with Crippen LogP contribution in [0.5, 0.6) is 5.75 Å². The lowest BCUT2D eigenvalue weighted by atomic mass is 10.3. The van der Waals surface area contributed by atoms with Gasteiger partial charge in [0.15, 0.2) is 6.61 Å². The number of primary sulfonamides is 1. The zero-order valence-corrected chi connectivity index (χ0v) is 13.8. The van der Waals surface area contributed by atoms with Gasteiger partial charge in [-0.25, -0.2) is 18.4 Å². The van der Waals surface area contributed by atoms with E-state index in [0.29, 0.717) is 5.75 Å². The van der Waals surface area contributed by atoms with Crippen molar-refractivity contribution in [2.24, 2.45) is 5.14 Å². The lowest BCUT2D eigenvalue weighted by Gasteiger charge is -2.07. The van der Waals surface area contributed by atoms with Crippen molar-refractivity contribution in [1.29, 1.82) is 0 Å². The Balaban J connectivity index is 1.69. The van der Waals surface area contributed by atoms with Crippen LogP contribution in [0.2, 0.25) is 0 Å². The standard InChI is InChI=1S/C15H16N2O7S/c16-25(20,21)14-7-6-12(24-14)15(19)23-10-13(18)17-8-9-22-11-4-2-1-3-5-11/h1-7H,8-10H2,(H,17,18)(H2,16,20,21). The molecule has 1 aromatic heterocycles. The molecular weight excluding hydrogens is 352 g/mol. The molecule has 0 aliphatic heterocycles. The highest BCUT2D eigenvalue weighted by Gasteiger charge is 2.19. The van der Waals surface area contributed by atoms with Crippen LogP contribution in [0, 0.1) is 0 Å². The van der Waals surface area contributed by atoms with Gasteiger partial charge in [0.05, 0.1) is 6.54 Å². The predicted octanol–water partition coefficient (Wildman–Crippen LogP) is 0.279. The van der Waals surface area contributed by atoms with Gasteiger partial charge in [0, 0.05) is 0 Å². The molecule has 0 spiro atoms. The number of carbonyl (C=O) groups excluding carboxylic acids is 2. The summed E-state index contributed by atoms with van der Waals surface area (Å²) >= 11 is 0. The van der Waals surface area contributed by atoms with Crippen LogP contribution < -0.4 is 15.2 Å². The van der Waals surface area contributed by atoms with Gasteiger partial charge < -0.3 is 19.2 Å². The van der Waals surface area contributed by atoms with Gasteiger partial charge in [-0.3, -0.25) is 4.79 Å². The minimum atomic E-state index is -4.05. The summed E-state index contributed by atoms with van der Waals surface area (Å²) in [5, 5.41) is 6.79. The second-order valence-corrected chi connectivity index (χ2v) is 6.24. The van der Waals surface area contributed by atoms with Crippen LogP contribution in [0.4, 0.5) is 0 Å². The van der Waals surface area contributed by atoms with Crippen molar-refractivity contribution in [3.8, 4) is 5.75 Å². The monoisotopic (exact) mass is 368 g/mol. The SMILES string of the molecule is NS(=O)(=O)c1ccc(C(=O)OCC(=O)NCCOc2ccccc2)o1. The van der Waals surface area contributed by atoms with Gasteiger partial charge in [-0.15, -0.1) is 0 Å². The number of sulfonamides is 1. The van der Waals surface area contributed by atoms with Crippen molar-refractivity contribution in [2.45, 2.75) is 5.09 Å². The van der Waals surface area contributed by atoms with E-state index in [1.807, 2.05) is 18.2 Å². The van der Waals surface area contributed by atoms with Crippen LogP contribution in [-0.4, -0.2) is 40.1 Å². The van der Waals surface area contributed by atoms with Crippen molar-refractivity contribution < 1.29 is 31.9 Å². The molecule has 9 nitrogen and oxygen atoms in total. The van der Waals surface area contributed by atoms with E-state index in [1.165, 1.54) is 0 Å². The maximum Gasteiger partial charge on any atom is 0.374 e. The maximum atomic E-state index is 11.6. The number of para-hydroxylation sites is 1. The van der Waals surface area contributed by atoms with Gasteiger partial charge in [0.1, 0.15) is 12.4 Å². The van der Waals surface area contributed by atoms with E-state index >= 15 is 0 Å². The fraction of sp³-hybridized carbons (Fsp3) is 0.200. The molecule has 3 N–H and O–H groups in total. The summed E-state index contributed by atoms with van der Waals surface area (Å²) in [6.07, 6.45) is 0. The molecule has 2 aromatic rings. The molecule has 0 fully saturated rings. The van der Waals surface area contributed by atoms with Crippen LogP contribution >= 0.6 is 0 Å². The molecule has 0 atom stereocenters. The molecule has 0 aliphatic carbocycles. The van der Waals surface area contributed by atoms with Crippen LogP contribution in [0.25, 0.3) is 0 Å². The highest BCUT2D eigenvalue weighted by Crippen LogP contribution is 2.13. The number of ether oxygens (including phenoxy) is 2. The average Bonchev–Trinajstić information content (AvgIpc) is 3.08. The number of nitrogens with two attached hydrogens (primary N) is 1. The van der Waals surface area contributed by atoms with Crippen molar-refractivity contribution in [3.05, 3.63) is 48.2 Å². The Morgan fingerprint density at radius 3 is 2.48 bits per heavy atom. The summed E-state index contributed by atoms with van der Waals surface area (Å²) in [4.78, 5) is 23.2. The van der Waals surface area contributed by atoms with E-state index in [1.54, 1.807) is 12.1 Å². The number of rotatable bonds is 8. The first-order valence-electron chi connectivity index (χ1n) is 7.10. The van der Waals surface area contributed by atoms with E-state index in [2.05, 4.69) is 5.32 Å². The Morgan fingerprint density at radius 1 is 1.12 bits per heavy atom. The third kappa shape index (κ3) is 5.94. The number of furan rings is 1. The van der Waals surface area contributed by atoms with Crippen LogP contribution in [0.15, 0.2) is 52.0 Å². The third-order valence-electron chi connectivity index (χ3n) is 2.83. The number of amides is 1.